The molecule has 1 unspecified atom stereocenters. The third kappa shape index (κ3) is 4.04. The molecule has 1 saturated carbocycles. The molecule has 0 radical (unpaired) electrons. The molecule has 1 heterocycles. The third-order valence-corrected chi connectivity index (χ3v) is 6.45. The standard InChI is InChI=1S/C25H32O3/c1-16(2)11-12-18-7-3-6-10-21-23(26)22(25(27)28-24(18)21)15-19-8-4-5-9-20(19)17-13-14-17/h4-5,8-9,16-18,26H,3,6-7,10-15H2,1-2H3. The van der Waals surface area contributed by atoms with Crippen LogP contribution in [0.2, 0.25) is 0 Å². The molecule has 150 valence electrons. The molecule has 0 saturated heterocycles. The second-order valence-electron chi connectivity index (χ2n) is 9.12. The molecule has 1 aromatic carbocycles. The number of hydrogen-bond donors (Lipinski definition) is 1. The predicted molar refractivity (Wildman–Crippen MR) is 112 cm³/mol. The normalized spacial score (nSPS) is 19.5. The van der Waals surface area contributed by atoms with Gasteiger partial charge in [0, 0.05) is 17.9 Å². The van der Waals surface area contributed by atoms with E-state index in [1.165, 1.54) is 18.4 Å². The Labute approximate surface area is 167 Å². The monoisotopic (exact) mass is 380 g/mol. The van der Waals surface area contributed by atoms with E-state index in [0.717, 1.165) is 55.4 Å². The number of rotatable bonds is 6. The Morgan fingerprint density at radius 2 is 1.93 bits per heavy atom. The van der Waals surface area contributed by atoms with E-state index in [4.69, 9.17) is 4.42 Å². The minimum absolute atomic E-state index is 0.202. The number of benzene rings is 1. The number of fused-ring (bicyclic) bond motifs is 1. The van der Waals surface area contributed by atoms with Crippen LogP contribution in [0.3, 0.4) is 0 Å². The van der Waals surface area contributed by atoms with Gasteiger partial charge in [0.05, 0.1) is 5.56 Å². The summed E-state index contributed by atoms with van der Waals surface area (Å²) in [7, 11) is 0. The molecule has 2 aliphatic rings. The van der Waals surface area contributed by atoms with Gasteiger partial charge in [0.15, 0.2) is 0 Å². The van der Waals surface area contributed by atoms with E-state index in [1.807, 2.05) is 6.07 Å². The molecule has 0 bridgehead atoms. The SMILES string of the molecule is CC(C)CCC1CCCCc2c1oc(=O)c(Cc1ccccc1C1CC1)c2O. The van der Waals surface area contributed by atoms with Crippen LogP contribution in [0, 0.1) is 5.92 Å². The lowest BCUT2D eigenvalue weighted by Crippen LogP contribution is -2.15. The maximum absolute atomic E-state index is 12.9. The second kappa shape index (κ2) is 8.14. The van der Waals surface area contributed by atoms with Crippen molar-refractivity contribution < 1.29 is 9.52 Å². The zero-order valence-corrected chi connectivity index (χ0v) is 17.2. The van der Waals surface area contributed by atoms with Crippen LogP contribution >= 0.6 is 0 Å². The molecule has 0 spiro atoms. The van der Waals surface area contributed by atoms with E-state index < -0.39 is 0 Å². The molecule has 0 aliphatic heterocycles. The summed E-state index contributed by atoms with van der Waals surface area (Å²) >= 11 is 0. The Balaban J connectivity index is 1.69. The Morgan fingerprint density at radius 1 is 1.14 bits per heavy atom. The highest BCUT2D eigenvalue weighted by Crippen LogP contribution is 2.43. The second-order valence-corrected chi connectivity index (χ2v) is 9.12. The van der Waals surface area contributed by atoms with Crippen LogP contribution in [0.15, 0.2) is 33.5 Å². The lowest BCUT2D eigenvalue weighted by atomic mass is 9.90. The molecule has 2 aromatic rings. The fourth-order valence-corrected chi connectivity index (χ4v) is 4.66. The van der Waals surface area contributed by atoms with Crippen molar-refractivity contribution in [2.24, 2.45) is 5.92 Å². The molecule has 3 nitrogen and oxygen atoms in total. The first-order valence-electron chi connectivity index (χ1n) is 11.0. The molecular formula is C25H32O3. The van der Waals surface area contributed by atoms with E-state index in [1.54, 1.807) is 0 Å². The van der Waals surface area contributed by atoms with Crippen molar-refractivity contribution in [3.63, 3.8) is 0 Å². The fraction of sp³-hybridized carbons (Fsp3) is 0.560. The van der Waals surface area contributed by atoms with Crippen LogP contribution in [-0.2, 0) is 12.8 Å². The predicted octanol–water partition coefficient (Wildman–Crippen LogP) is 6.06. The van der Waals surface area contributed by atoms with E-state index in [-0.39, 0.29) is 17.3 Å². The topological polar surface area (TPSA) is 50.4 Å². The van der Waals surface area contributed by atoms with Gasteiger partial charge in [0.25, 0.3) is 0 Å². The van der Waals surface area contributed by atoms with Crippen molar-refractivity contribution >= 4 is 0 Å². The Bertz CT molecular complexity index is 889. The van der Waals surface area contributed by atoms with Crippen molar-refractivity contribution in [2.45, 2.75) is 83.5 Å². The summed E-state index contributed by atoms with van der Waals surface area (Å²) in [6.45, 7) is 4.46. The summed E-state index contributed by atoms with van der Waals surface area (Å²) in [4.78, 5) is 12.9. The number of aromatic hydroxyl groups is 1. The molecule has 1 atom stereocenters. The van der Waals surface area contributed by atoms with Crippen LogP contribution < -0.4 is 5.63 Å². The van der Waals surface area contributed by atoms with Gasteiger partial charge in [0.2, 0.25) is 0 Å². The van der Waals surface area contributed by atoms with Gasteiger partial charge < -0.3 is 9.52 Å². The molecule has 4 rings (SSSR count). The Hall–Kier alpha value is -2.03. The van der Waals surface area contributed by atoms with E-state index in [9.17, 15) is 9.90 Å². The van der Waals surface area contributed by atoms with Crippen molar-refractivity contribution in [1.29, 1.82) is 0 Å². The highest BCUT2D eigenvalue weighted by Gasteiger charge is 2.29. The maximum Gasteiger partial charge on any atom is 0.343 e. The van der Waals surface area contributed by atoms with Crippen molar-refractivity contribution in [1.82, 2.24) is 0 Å². The van der Waals surface area contributed by atoms with Gasteiger partial charge in [-0.3, -0.25) is 0 Å². The fourth-order valence-electron chi connectivity index (χ4n) is 4.66. The van der Waals surface area contributed by atoms with Gasteiger partial charge in [-0.05, 0) is 61.5 Å². The highest BCUT2D eigenvalue weighted by molar-refractivity contribution is 5.46. The summed E-state index contributed by atoms with van der Waals surface area (Å²) < 4.78 is 5.91. The van der Waals surface area contributed by atoms with Crippen LogP contribution in [0.1, 0.15) is 98.6 Å². The third-order valence-electron chi connectivity index (χ3n) is 6.45. The van der Waals surface area contributed by atoms with Crippen LogP contribution in [-0.4, -0.2) is 5.11 Å². The smallest absolute Gasteiger partial charge is 0.343 e. The summed E-state index contributed by atoms with van der Waals surface area (Å²) in [6.07, 6.45) is 9.07. The van der Waals surface area contributed by atoms with Gasteiger partial charge in [0.1, 0.15) is 11.5 Å². The van der Waals surface area contributed by atoms with Gasteiger partial charge in [-0.2, -0.15) is 0 Å². The Morgan fingerprint density at radius 3 is 2.68 bits per heavy atom. The van der Waals surface area contributed by atoms with E-state index in [0.29, 0.717) is 23.8 Å². The van der Waals surface area contributed by atoms with Crippen LogP contribution in [0.25, 0.3) is 0 Å². The zero-order valence-electron chi connectivity index (χ0n) is 17.2. The van der Waals surface area contributed by atoms with Crippen molar-refractivity contribution in [2.75, 3.05) is 0 Å². The zero-order chi connectivity index (χ0) is 19.7. The maximum atomic E-state index is 12.9. The molecule has 2 aliphatic carbocycles. The van der Waals surface area contributed by atoms with E-state index in [2.05, 4.69) is 32.0 Å². The molecule has 0 amide bonds. The average Bonchev–Trinajstić information content (AvgIpc) is 3.51. The van der Waals surface area contributed by atoms with Gasteiger partial charge in [-0.15, -0.1) is 0 Å². The minimum Gasteiger partial charge on any atom is -0.507 e. The minimum atomic E-state index is -0.349. The largest absolute Gasteiger partial charge is 0.507 e. The summed E-state index contributed by atoms with van der Waals surface area (Å²) in [5.41, 5.74) is 3.46. The van der Waals surface area contributed by atoms with Crippen molar-refractivity contribution in [3.05, 3.63) is 62.7 Å². The van der Waals surface area contributed by atoms with E-state index >= 15 is 0 Å². The number of hydrogen-bond acceptors (Lipinski definition) is 3. The highest BCUT2D eigenvalue weighted by atomic mass is 16.4. The Kier molecular flexibility index (Phi) is 5.61. The lowest BCUT2D eigenvalue weighted by molar-refractivity contribution is 0.361. The van der Waals surface area contributed by atoms with Gasteiger partial charge in [-0.1, -0.05) is 51.0 Å². The summed E-state index contributed by atoms with van der Waals surface area (Å²) in [6, 6.07) is 8.34. The van der Waals surface area contributed by atoms with Crippen LogP contribution in [0.5, 0.6) is 5.75 Å². The first kappa shape index (κ1) is 19.3. The van der Waals surface area contributed by atoms with Gasteiger partial charge in [-0.25, -0.2) is 4.79 Å². The quantitative estimate of drug-likeness (QED) is 0.620. The summed E-state index contributed by atoms with van der Waals surface area (Å²) in [5, 5.41) is 11.1. The van der Waals surface area contributed by atoms with Gasteiger partial charge >= 0.3 is 5.63 Å². The molecule has 1 aromatic heterocycles. The summed E-state index contributed by atoms with van der Waals surface area (Å²) in [5.74, 6) is 2.47. The molecule has 1 fully saturated rings. The molecule has 1 N–H and O–H groups in total. The first-order valence-corrected chi connectivity index (χ1v) is 11.0. The molecule has 3 heteroatoms. The first-order chi connectivity index (χ1) is 13.5. The molecular weight excluding hydrogens is 348 g/mol. The lowest BCUT2D eigenvalue weighted by Gasteiger charge is -2.19. The molecule has 28 heavy (non-hydrogen) atoms. The van der Waals surface area contributed by atoms with Crippen molar-refractivity contribution in [3.8, 4) is 5.75 Å². The van der Waals surface area contributed by atoms with Crippen LogP contribution in [0.4, 0.5) is 0 Å². The average molecular weight is 381 g/mol.